The molecule has 0 heterocycles. The van der Waals surface area contributed by atoms with Gasteiger partial charge in [0.25, 0.3) is 0 Å². The summed E-state index contributed by atoms with van der Waals surface area (Å²) in [6.07, 6.45) is 0. The number of hydrogen-bond donors (Lipinski definition) is 2. The third kappa shape index (κ3) is 3.15. The van der Waals surface area contributed by atoms with Gasteiger partial charge in [-0.05, 0) is 52.3 Å². The smallest absolute Gasteiger partial charge is 0.0619 e. The highest BCUT2D eigenvalue weighted by Crippen LogP contribution is 2.31. The molecule has 2 nitrogen and oxygen atoms in total. The average Bonchev–Trinajstić information content (AvgIpc) is 2.25. The van der Waals surface area contributed by atoms with Crippen LogP contribution in [0, 0.1) is 0 Å². The molecule has 0 aliphatic heterocycles. The first-order valence-corrected chi connectivity index (χ1v) is 6.80. The molecule has 0 aromatic heterocycles. The van der Waals surface area contributed by atoms with Crippen molar-refractivity contribution in [2.24, 2.45) is 0 Å². The monoisotopic (exact) mass is 374 g/mol. The highest BCUT2D eigenvalue weighted by atomic mass is 79.9. The van der Waals surface area contributed by atoms with Crippen molar-refractivity contribution >= 4 is 60.5 Å². The Morgan fingerprint density at radius 3 is 2.35 bits per heavy atom. The molecule has 3 N–H and O–H groups in total. The van der Waals surface area contributed by atoms with Crippen LogP contribution in [0.3, 0.4) is 0 Å². The molecule has 0 saturated carbocycles. The molecule has 0 amide bonds. The molecular weight excluding hydrogens is 367 g/mol. The van der Waals surface area contributed by atoms with Gasteiger partial charge in [0, 0.05) is 14.0 Å². The predicted octanol–water partition coefficient (Wildman–Crippen LogP) is 5.19. The Morgan fingerprint density at radius 2 is 1.71 bits per heavy atom. The first-order chi connectivity index (χ1) is 8.06. The highest BCUT2D eigenvalue weighted by Gasteiger charge is 2.04. The molecule has 88 valence electrons. The van der Waals surface area contributed by atoms with Gasteiger partial charge >= 0.3 is 0 Å². The van der Waals surface area contributed by atoms with E-state index in [1.165, 1.54) is 0 Å². The van der Waals surface area contributed by atoms with Gasteiger partial charge in [-0.3, -0.25) is 0 Å². The summed E-state index contributed by atoms with van der Waals surface area (Å²) in [6.45, 7) is 0. The van der Waals surface area contributed by atoms with Crippen LogP contribution in [0.25, 0.3) is 0 Å². The van der Waals surface area contributed by atoms with Crippen molar-refractivity contribution in [1.29, 1.82) is 0 Å². The maximum Gasteiger partial charge on any atom is 0.0619 e. The lowest BCUT2D eigenvalue weighted by Crippen LogP contribution is -1.96. The first-order valence-electron chi connectivity index (χ1n) is 4.83. The van der Waals surface area contributed by atoms with Crippen molar-refractivity contribution < 1.29 is 0 Å². The zero-order valence-corrected chi connectivity index (χ0v) is 12.6. The Labute approximate surface area is 121 Å². The summed E-state index contributed by atoms with van der Waals surface area (Å²) >= 11 is 12.7. The van der Waals surface area contributed by atoms with Crippen LogP contribution >= 0.6 is 43.5 Å². The second-order valence-electron chi connectivity index (χ2n) is 3.48. The van der Waals surface area contributed by atoms with E-state index in [2.05, 4.69) is 37.2 Å². The van der Waals surface area contributed by atoms with Crippen LogP contribution in [0.1, 0.15) is 0 Å². The van der Waals surface area contributed by atoms with E-state index in [4.69, 9.17) is 17.3 Å². The normalized spacial score (nSPS) is 10.3. The van der Waals surface area contributed by atoms with E-state index in [0.717, 1.165) is 20.3 Å². The third-order valence-corrected chi connectivity index (χ3v) is 3.60. The number of hydrogen-bond acceptors (Lipinski definition) is 2. The number of halogens is 3. The molecule has 0 spiro atoms. The zero-order chi connectivity index (χ0) is 12.4. The SMILES string of the molecule is Nc1cc(Br)ccc1Nc1ccc(Cl)cc1Br. The fourth-order valence-electron chi connectivity index (χ4n) is 1.38. The summed E-state index contributed by atoms with van der Waals surface area (Å²) in [5.74, 6) is 0. The Kier molecular flexibility index (Phi) is 3.97. The van der Waals surface area contributed by atoms with Crippen molar-refractivity contribution in [3.05, 3.63) is 50.4 Å². The Balaban J connectivity index is 2.31. The summed E-state index contributed by atoms with van der Waals surface area (Å²) in [6, 6.07) is 11.3. The van der Waals surface area contributed by atoms with Crippen molar-refractivity contribution in [2.45, 2.75) is 0 Å². The number of anilines is 3. The number of benzene rings is 2. The molecule has 2 aromatic carbocycles. The van der Waals surface area contributed by atoms with Gasteiger partial charge in [0.15, 0.2) is 0 Å². The van der Waals surface area contributed by atoms with Crippen LogP contribution in [-0.4, -0.2) is 0 Å². The lowest BCUT2D eigenvalue weighted by Gasteiger charge is -2.11. The van der Waals surface area contributed by atoms with Crippen molar-refractivity contribution in [3.8, 4) is 0 Å². The molecule has 2 rings (SSSR count). The maximum absolute atomic E-state index is 5.92. The lowest BCUT2D eigenvalue weighted by molar-refractivity contribution is 1.51. The lowest BCUT2D eigenvalue weighted by atomic mass is 10.2. The van der Waals surface area contributed by atoms with Gasteiger partial charge < -0.3 is 11.1 Å². The molecule has 0 unspecified atom stereocenters. The average molecular weight is 376 g/mol. The Hall–Kier alpha value is -0.710. The Morgan fingerprint density at radius 1 is 1.00 bits per heavy atom. The summed E-state index contributed by atoms with van der Waals surface area (Å²) in [7, 11) is 0. The molecule has 0 aliphatic rings. The standard InChI is InChI=1S/C12H9Br2ClN2/c13-7-1-3-12(10(16)5-7)17-11-4-2-8(15)6-9(11)14/h1-6,17H,16H2. The first kappa shape index (κ1) is 12.7. The minimum atomic E-state index is 0.682. The molecule has 0 atom stereocenters. The highest BCUT2D eigenvalue weighted by molar-refractivity contribution is 9.10. The van der Waals surface area contributed by atoms with E-state index >= 15 is 0 Å². The summed E-state index contributed by atoms with van der Waals surface area (Å²) in [4.78, 5) is 0. The van der Waals surface area contributed by atoms with Crippen LogP contribution in [0.5, 0.6) is 0 Å². The predicted molar refractivity (Wildman–Crippen MR) is 81.0 cm³/mol. The van der Waals surface area contributed by atoms with Gasteiger partial charge in [0.1, 0.15) is 0 Å². The van der Waals surface area contributed by atoms with E-state index in [0.29, 0.717) is 10.7 Å². The number of nitrogen functional groups attached to an aromatic ring is 1. The van der Waals surface area contributed by atoms with Crippen LogP contribution in [-0.2, 0) is 0 Å². The quantitative estimate of drug-likeness (QED) is 0.708. The van der Waals surface area contributed by atoms with Crippen LogP contribution < -0.4 is 11.1 Å². The van der Waals surface area contributed by atoms with Gasteiger partial charge in [0.05, 0.1) is 17.1 Å². The van der Waals surface area contributed by atoms with Crippen molar-refractivity contribution in [2.75, 3.05) is 11.1 Å². The number of nitrogens with one attached hydrogen (secondary N) is 1. The molecule has 0 aliphatic carbocycles. The number of nitrogens with two attached hydrogens (primary N) is 1. The van der Waals surface area contributed by atoms with Gasteiger partial charge in [-0.2, -0.15) is 0 Å². The largest absolute Gasteiger partial charge is 0.397 e. The molecule has 0 saturated heterocycles. The topological polar surface area (TPSA) is 38.0 Å². The van der Waals surface area contributed by atoms with E-state index < -0.39 is 0 Å². The minimum Gasteiger partial charge on any atom is -0.397 e. The summed E-state index contributed by atoms with van der Waals surface area (Å²) < 4.78 is 1.85. The second-order valence-corrected chi connectivity index (χ2v) is 5.69. The van der Waals surface area contributed by atoms with Gasteiger partial charge in [-0.15, -0.1) is 0 Å². The van der Waals surface area contributed by atoms with Gasteiger partial charge in [-0.25, -0.2) is 0 Å². The van der Waals surface area contributed by atoms with Gasteiger partial charge in [-0.1, -0.05) is 27.5 Å². The second kappa shape index (κ2) is 5.29. The molecule has 0 radical (unpaired) electrons. The van der Waals surface area contributed by atoms with E-state index in [1.807, 2.05) is 36.4 Å². The maximum atomic E-state index is 5.92. The molecule has 17 heavy (non-hydrogen) atoms. The van der Waals surface area contributed by atoms with E-state index in [9.17, 15) is 0 Å². The molecule has 2 aromatic rings. The molecule has 5 heteroatoms. The van der Waals surface area contributed by atoms with Crippen molar-refractivity contribution in [3.63, 3.8) is 0 Å². The molecular formula is C12H9Br2ClN2. The van der Waals surface area contributed by atoms with Crippen LogP contribution in [0.2, 0.25) is 5.02 Å². The molecule has 0 fully saturated rings. The van der Waals surface area contributed by atoms with Gasteiger partial charge in [0.2, 0.25) is 0 Å². The fraction of sp³-hybridized carbons (Fsp3) is 0. The van der Waals surface area contributed by atoms with Crippen molar-refractivity contribution in [1.82, 2.24) is 0 Å². The third-order valence-electron chi connectivity index (χ3n) is 2.21. The molecule has 0 bridgehead atoms. The van der Waals surface area contributed by atoms with Crippen LogP contribution in [0.15, 0.2) is 45.3 Å². The zero-order valence-electron chi connectivity index (χ0n) is 8.68. The van der Waals surface area contributed by atoms with Crippen LogP contribution in [0.4, 0.5) is 17.1 Å². The number of rotatable bonds is 2. The van der Waals surface area contributed by atoms with E-state index in [1.54, 1.807) is 0 Å². The summed E-state index contributed by atoms with van der Waals surface area (Å²) in [5.41, 5.74) is 8.37. The van der Waals surface area contributed by atoms with E-state index in [-0.39, 0.29) is 0 Å². The Bertz CT molecular complexity index is 509. The summed E-state index contributed by atoms with van der Waals surface area (Å²) in [5, 5.41) is 3.93. The minimum absolute atomic E-state index is 0.682. The fourth-order valence-corrected chi connectivity index (χ4v) is 2.54.